The van der Waals surface area contributed by atoms with Gasteiger partial charge in [-0.1, -0.05) is 12.1 Å². The standard InChI is InChI=1S/C14H11F2N5/c15-10-3-1-2-9-12(14(17)18)20-21(13(9)10)7-8-4-5-19-6-11(8)16/h1-6H,7H2,(H3,17,18). The zero-order valence-electron chi connectivity index (χ0n) is 10.8. The van der Waals surface area contributed by atoms with Crippen LogP contribution in [-0.2, 0) is 6.54 Å². The van der Waals surface area contributed by atoms with Crippen molar-refractivity contribution in [2.45, 2.75) is 6.54 Å². The molecule has 106 valence electrons. The van der Waals surface area contributed by atoms with Crippen LogP contribution in [-0.4, -0.2) is 20.6 Å². The van der Waals surface area contributed by atoms with Crippen molar-refractivity contribution in [1.29, 1.82) is 5.41 Å². The quantitative estimate of drug-likeness (QED) is 0.571. The van der Waals surface area contributed by atoms with Crippen molar-refractivity contribution in [3.63, 3.8) is 0 Å². The summed E-state index contributed by atoms with van der Waals surface area (Å²) in [5.41, 5.74) is 6.17. The zero-order chi connectivity index (χ0) is 15.0. The summed E-state index contributed by atoms with van der Waals surface area (Å²) >= 11 is 0. The van der Waals surface area contributed by atoms with Gasteiger partial charge in [0.05, 0.1) is 12.7 Å². The van der Waals surface area contributed by atoms with Gasteiger partial charge in [-0.2, -0.15) is 5.10 Å². The molecule has 0 unspecified atom stereocenters. The Morgan fingerprint density at radius 3 is 2.76 bits per heavy atom. The third-order valence-electron chi connectivity index (χ3n) is 3.15. The first kappa shape index (κ1) is 13.2. The van der Waals surface area contributed by atoms with Gasteiger partial charge in [0.2, 0.25) is 0 Å². The summed E-state index contributed by atoms with van der Waals surface area (Å²) in [6.45, 7) is 0.0269. The van der Waals surface area contributed by atoms with E-state index in [1.807, 2.05) is 0 Å². The third-order valence-corrected chi connectivity index (χ3v) is 3.15. The van der Waals surface area contributed by atoms with E-state index in [1.54, 1.807) is 6.07 Å². The van der Waals surface area contributed by atoms with Gasteiger partial charge >= 0.3 is 0 Å². The van der Waals surface area contributed by atoms with Crippen LogP contribution in [0.15, 0.2) is 36.7 Å². The number of para-hydroxylation sites is 1. The zero-order valence-corrected chi connectivity index (χ0v) is 10.8. The number of pyridine rings is 1. The Morgan fingerprint density at radius 1 is 1.24 bits per heavy atom. The molecule has 2 heterocycles. The lowest BCUT2D eigenvalue weighted by atomic mass is 10.2. The Balaban J connectivity index is 2.19. The SMILES string of the molecule is N=C(N)c1nn(Cc2ccncc2F)c2c(F)cccc12. The second-order valence-corrected chi connectivity index (χ2v) is 4.52. The van der Waals surface area contributed by atoms with Gasteiger partial charge in [-0.3, -0.25) is 15.1 Å². The van der Waals surface area contributed by atoms with E-state index in [1.165, 1.54) is 29.1 Å². The number of nitrogens with zero attached hydrogens (tertiary/aromatic N) is 3. The van der Waals surface area contributed by atoms with Crippen LogP contribution in [0.1, 0.15) is 11.3 Å². The van der Waals surface area contributed by atoms with E-state index in [-0.39, 0.29) is 23.6 Å². The molecule has 21 heavy (non-hydrogen) atoms. The number of halogens is 2. The normalized spacial score (nSPS) is 11.0. The summed E-state index contributed by atoms with van der Waals surface area (Å²) in [7, 11) is 0. The average molecular weight is 287 g/mol. The molecule has 0 bridgehead atoms. The maximum Gasteiger partial charge on any atom is 0.149 e. The van der Waals surface area contributed by atoms with Gasteiger partial charge in [-0.25, -0.2) is 8.78 Å². The molecule has 0 spiro atoms. The highest BCUT2D eigenvalue weighted by Crippen LogP contribution is 2.22. The molecule has 0 radical (unpaired) electrons. The summed E-state index contributed by atoms with van der Waals surface area (Å²) in [6.07, 6.45) is 2.54. The van der Waals surface area contributed by atoms with Crippen molar-refractivity contribution >= 4 is 16.7 Å². The first-order chi connectivity index (χ1) is 10.1. The van der Waals surface area contributed by atoms with Gasteiger partial charge < -0.3 is 5.73 Å². The molecule has 5 nitrogen and oxygen atoms in total. The highest BCUT2D eigenvalue weighted by molar-refractivity contribution is 6.05. The lowest BCUT2D eigenvalue weighted by Gasteiger charge is -2.05. The minimum atomic E-state index is -0.498. The summed E-state index contributed by atoms with van der Waals surface area (Å²) in [5.74, 6) is -1.26. The van der Waals surface area contributed by atoms with Gasteiger partial charge in [-0.05, 0) is 12.1 Å². The van der Waals surface area contributed by atoms with Crippen molar-refractivity contribution in [1.82, 2.24) is 14.8 Å². The van der Waals surface area contributed by atoms with Gasteiger partial charge in [-0.15, -0.1) is 0 Å². The summed E-state index contributed by atoms with van der Waals surface area (Å²) < 4.78 is 29.0. The van der Waals surface area contributed by atoms with E-state index < -0.39 is 11.6 Å². The fourth-order valence-electron chi connectivity index (χ4n) is 2.20. The topological polar surface area (TPSA) is 80.6 Å². The number of nitrogens with one attached hydrogen (secondary N) is 1. The molecule has 3 N–H and O–H groups in total. The Morgan fingerprint density at radius 2 is 2.05 bits per heavy atom. The van der Waals surface area contributed by atoms with Crippen LogP contribution in [0.4, 0.5) is 8.78 Å². The van der Waals surface area contributed by atoms with E-state index in [4.69, 9.17) is 11.1 Å². The number of nitrogens with two attached hydrogens (primary N) is 1. The van der Waals surface area contributed by atoms with Crippen LogP contribution in [0.2, 0.25) is 0 Å². The molecule has 3 aromatic rings. The highest BCUT2D eigenvalue weighted by atomic mass is 19.1. The van der Waals surface area contributed by atoms with Crippen molar-refractivity contribution < 1.29 is 8.78 Å². The van der Waals surface area contributed by atoms with E-state index in [2.05, 4.69) is 10.1 Å². The predicted molar refractivity (Wildman–Crippen MR) is 74.0 cm³/mol. The lowest BCUT2D eigenvalue weighted by molar-refractivity contribution is 0.576. The molecule has 3 rings (SSSR count). The van der Waals surface area contributed by atoms with E-state index in [0.29, 0.717) is 10.9 Å². The molecule has 0 aliphatic carbocycles. The van der Waals surface area contributed by atoms with Gasteiger partial charge in [0, 0.05) is 17.1 Å². The molecule has 0 aliphatic heterocycles. The van der Waals surface area contributed by atoms with Crippen LogP contribution < -0.4 is 5.73 Å². The van der Waals surface area contributed by atoms with E-state index >= 15 is 0 Å². The molecule has 0 fully saturated rings. The molecule has 0 aliphatic rings. The first-order valence-corrected chi connectivity index (χ1v) is 6.15. The largest absolute Gasteiger partial charge is 0.382 e. The van der Waals surface area contributed by atoms with Crippen molar-refractivity contribution in [3.05, 3.63) is 59.6 Å². The number of rotatable bonds is 3. The molecule has 0 amide bonds. The number of hydrogen-bond donors (Lipinski definition) is 2. The van der Waals surface area contributed by atoms with Gasteiger partial charge in [0.15, 0.2) is 0 Å². The van der Waals surface area contributed by atoms with Crippen molar-refractivity contribution in [2.75, 3.05) is 0 Å². The second kappa shape index (κ2) is 4.93. The fraction of sp³-hybridized carbons (Fsp3) is 0.0714. The van der Waals surface area contributed by atoms with Crippen molar-refractivity contribution in [2.24, 2.45) is 5.73 Å². The molecule has 2 aromatic heterocycles. The van der Waals surface area contributed by atoms with Gasteiger partial charge in [0.1, 0.15) is 28.7 Å². The van der Waals surface area contributed by atoms with Crippen LogP contribution in [0.3, 0.4) is 0 Å². The first-order valence-electron chi connectivity index (χ1n) is 6.15. The molecule has 0 saturated heterocycles. The van der Waals surface area contributed by atoms with E-state index in [9.17, 15) is 8.78 Å². The summed E-state index contributed by atoms with van der Waals surface area (Å²) in [4.78, 5) is 3.67. The number of nitrogen functional groups attached to an aromatic ring is 1. The smallest absolute Gasteiger partial charge is 0.149 e. The molecule has 0 atom stereocenters. The second-order valence-electron chi connectivity index (χ2n) is 4.52. The van der Waals surface area contributed by atoms with Crippen molar-refractivity contribution in [3.8, 4) is 0 Å². The lowest BCUT2D eigenvalue weighted by Crippen LogP contribution is -2.13. The van der Waals surface area contributed by atoms with Crippen LogP contribution >= 0.6 is 0 Å². The fourth-order valence-corrected chi connectivity index (χ4v) is 2.20. The average Bonchev–Trinajstić information content (AvgIpc) is 2.82. The minimum absolute atomic E-state index is 0.0269. The maximum absolute atomic E-state index is 14.0. The highest BCUT2D eigenvalue weighted by Gasteiger charge is 2.16. The Bertz CT molecular complexity index is 840. The monoisotopic (exact) mass is 287 g/mol. The van der Waals surface area contributed by atoms with E-state index in [0.717, 1.165) is 6.20 Å². The Hall–Kier alpha value is -2.83. The minimum Gasteiger partial charge on any atom is -0.382 e. The number of hydrogen-bond acceptors (Lipinski definition) is 3. The van der Waals surface area contributed by atoms with Crippen LogP contribution in [0.25, 0.3) is 10.9 Å². The third kappa shape index (κ3) is 2.22. The van der Waals surface area contributed by atoms with Crippen LogP contribution in [0.5, 0.6) is 0 Å². The number of aromatic nitrogens is 3. The molecular weight excluding hydrogens is 276 g/mol. The molecule has 7 heteroatoms. The number of fused-ring (bicyclic) bond motifs is 1. The molecule has 1 aromatic carbocycles. The Labute approximate surface area is 118 Å². The number of benzene rings is 1. The summed E-state index contributed by atoms with van der Waals surface area (Å²) in [5, 5.41) is 12.1. The predicted octanol–water partition coefficient (Wildman–Crippen LogP) is 2.04. The van der Waals surface area contributed by atoms with Gasteiger partial charge in [0.25, 0.3) is 0 Å². The number of amidine groups is 1. The Kier molecular flexibility index (Phi) is 3.09. The maximum atomic E-state index is 14.0. The van der Waals surface area contributed by atoms with Crippen LogP contribution in [0, 0.1) is 17.0 Å². The summed E-state index contributed by atoms with van der Waals surface area (Å²) in [6, 6.07) is 5.93. The molecular formula is C14H11F2N5. The molecule has 0 saturated carbocycles.